The van der Waals surface area contributed by atoms with Gasteiger partial charge >= 0.3 is 0 Å². The summed E-state index contributed by atoms with van der Waals surface area (Å²) in [5, 5.41) is 11.8. The van der Waals surface area contributed by atoms with Gasteiger partial charge in [-0.05, 0) is 24.3 Å². The quantitative estimate of drug-likeness (QED) is 0.801. The zero-order valence-corrected chi connectivity index (χ0v) is 9.07. The van der Waals surface area contributed by atoms with Crippen molar-refractivity contribution in [2.75, 3.05) is 0 Å². The second-order valence-electron chi connectivity index (χ2n) is 3.81. The van der Waals surface area contributed by atoms with E-state index in [0.29, 0.717) is 0 Å². The summed E-state index contributed by atoms with van der Waals surface area (Å²) in [6.45, 7) is 0.977. The molecule has 0 fully saturated rings. The fourth-order valence-electron chi connectivity index (χ4n) is 2.00. The normalized spacial score (nSPS) is 20.2. The molecular weight excluding hydrogens is 208 g/mol. The SMILES string of the molecule is O[C@@H]1CCCn2cc(-c3cccs3)nc21. The van der Waals surface area contributed by atoms with Crippen molar-refractivity contribution in [3.8, 4) is 10.6 Å². The molecule has 0 bridgehead atoms. The summed E-state index contributed by atoms with van der Waals surface area (Å²) in [5.74, 6) is 0.824. The summed E-state index contributed by atoms with van der Waals surface area (Å²) in [5.41, 5.74) is 0.987. The number of thiophene rings is 1. The second kappa shape index (κ2) is 3.47. The van der Waals surface area contributed by atoms with Crippen LogP contribution in [0, 0.1) is 0 Å². The van der Waals surface area contributed by atoms with E-state index in [9.17, 15) is 5.11 Å². The number of imidazole rings is 1. The fourth-order valence-corrected chi connectivity index (χ4v) is 2.68. The number of hydrogen-bond acceptors (Lipinski definition) is 3. The maximum Gasteiger partial charge on any atom is 0.138 e. The van der Waals surface area contributed by atoms with Crippen LogP contribution in [0.15, 0.2) is 23.7 Å². The van der Waals surface area contributed by atoms with Gasteiger partial charge in [0.25, 0.3) is 0 Å². The highest BCUT2D eigenvalue weighted by Crippen LogP contribution is 2.29. The minimum atomic E-state index is -0.382. The van der Waals surface area contributed by atoms with E-state index in [-0.39, 0.29) is 6.10 Å². The number of aryl methyl sites for hydroxylation is 1. The summed E-state index contributed by atoms with van der Waals surface area (Å²) in [6.07, 6.45) is 3.53. The highest BCUT2D eigenvalue weighted by atomic mass is 32.1. The predicted molar refractivity (Wildman–Crippen MR) is 59.7 cm³/mol. The van der Waals surface area contributed by atoms with Crippen LogP contribution in [0.5, 0.6) is 0 Å². The van der Waals surface area contributed by atoms with Gasteiger partial charge in [0.2, 0.25) is 0 Å². The molecule has 1 aliphatic heterocycles. The third kappa shape index (κ3) is 1.50. The largest absolute Gasteiger partial charge is 0.385 e. The highest BCUT2D eigenvalue weighted by molar-refractivity contribution is 7.13. The topological polar surface area (TPSA) is 38.0 Å². The molecule has 2 aromatic rings. The molecule has 4 heteroatoms. The van der Waals surface area contributed by atoms with Gasteiger partial charge < -0.3 is 9.67 Å². The Morgan fingerprint density at radius 1 is 1.53 bits per heavy atom. The molecule has 0 aliphatic carbocycles. The van der Waals surface area contributed by atoms with Crippen molar-refractivity contribution in [2.45, 2.75) is 25.5 Å². The second-order valence-corrected chi connectivity index (χ2v) is 4.76. The molecule has 15 heavy (non-hydrogen) atoms. The molecule has 3 nitrogen and oxygen atoms in total. The first-order valence-corrected chi connectivity index (χ1v) is 6.01. The van der Waals surface area contributed by atoms with E-state index in [4.69, 9.17) is 0 Å². The van der Waals surface area contributed by atoms with Gasteiger partial charge in [-0.1, -0.05) is 6.07 Å². The van der Waals surface area contributed by atoms with Crippen molar-refractivity contribution in [3.63, 3.8) is 0 Å². The van der Waals surface area contributed by atoms with Crippen LogP contribution in [0.1, 0.15) is 24.8 Å². The minimum absolute atomic E-state index is 0.382. The van der Waals surface area contributed by atoms with E-state index in [1.54, 1.807) is 11.3 Å². The van der Waals surface area contributed by atoms with E-state index in [0.717, 1.165) is 30.9 Å². The smallest absolute Gasteiger partial charge is 0.138 e. The van der Waals surface area contributed by atoms with Gasteiger partial charge in [0.15, 0.2) is 0 Å². The molecule has 2 aromatic heterocycles. The molecule has 0 spiro atoms. The Morgan fingerprint density at radius 3 is 3.20 bits per heavy atom. The van der Waals surface area contributed by atoms with Gasteiger partial charge in [0.05, 0.1) is 10.6 Å². The Labute approximate surface area is 92.0 Å². The van der Waals surface area contributed by atoms with Crippen molar-refractivity contribution in [3.05, 3.63) is 29.5 Å². The van der Waals surface area contributed by atoms with Gasteiger partial charge in [-0.15, -0.1) is 11.3 Å². The third-order valence-corrected chi connectivity index (χ3v) is 3.65. The lowest BCUT2D eigenvalue weighted by molar-refractivity contribution is 0.134. The van der Waals surface area contributed by atoms with Crippen LogP contribution in [0.2, 0.25) is 0 Å². The predicted octanol–water partition coefficient (Wildman–Crippen LogP) is 2.44. The van der Waals surface area contributed by atoms with Gasteiger partial charge in [0, 0.05) is 12.7 Å². The number of aliphatic hydroxyl groups excluding tert-OH is 1. The van der Waals surface area contributed by atoms with E-state index in [1.165, 1.54) is 4.88 Å². The molecule has 1 aliphatic rings. The van der Waals surface area contributed by atoms with E-state index in [1.807, 2.05) is 17.6 Å². The van der Waals surface area contributed by atoms with Crippen LogP contribution < -0.4 is 0 Å². The monoisotopic (exact) mass is 220 g/mol. The molecule has 0 amide bonds. The van der Waals surface area contributed by atoms with Crippen LogP contribution in [0.3, 0.4) is 0 Å². The lowest BCUT2D eigenvalue weighted by Gasteiger charge is -2.18. The van der Waals surface area contributed by atoms with Gasteiger partial charge in [-0.3, -0.25) is 0 Å². The summed E-state index contributed by atoms with van der Waals surface area (Å²) >= 11 is 1.68. The Hall–Kier alpha value is -1.13. The highest BCUT2D eigenvalue weighted by Gasteiger charge is 2.21. The maximum absolute atomic E-state index is 9.79. The van der Waals surface area contributed by atoms with Gasteiger partial charge in [0.1, 0.15) is 11.9 Å². The van der Waals surface area contributed by atoms with Crippen molar-refractivity contribution in [1.82, 2.24) is 9.55 Å². The van der Waals surface area contributed by atoms with E-state index < -0.39 is 0 Å². The molecule has 78 valence electrons. The van der Waals surface area contributed by atoms with Crippen LogP contribution >= 0.6 is 11.3 Å². The number of fused-ring (bicyclic) bond motifs is 1. The average molecular weight is 220 g/mol. The maximum atomic E-state index is 9.79. The van der Waals surface area contributed by atoms with Crippen LogP contribution in [-0.2, 0) is 6.54 Å². The van der Waals surface area contributed by atoms with Crippen molar-refractivity contribution >= 4 is 11.3 Å². The molecule has 0 saturated heterocycles. The summed E-state index contributed by atoms with van der Waals surface area (Å²) in [6, 6.07) is 4.08. The first-order valence-electron chi connectivity index (χ1n) is 5.13. The molecule has 1 N–H and O–H groups in total. The molecular formula is C11H12N2OS. The third-order valence-electron chi connectivity index (χ3n) is 2.76. The minimum Gasteiger partial charge on any atom is -0.385 e. The summed E-state index contributed by atoms with van der Waals surface area (Å²) < 4.78 is 2.07. The molecule has 3 rings (SSSR count). The van der Waals surface area contributed by atoms with Gasteiger partial charge in [-0.2, -0.15) is 0 Å². The van der Waals surface area contributed by atoms with Crippen molar-refractivity contribution < 1.29 is 5.11 Å². The van der Waals surface area contributed by atoms with Crippen LogP contribution in [0.4, 0.5) is 0 Å². The number of aliphatic hydroxyl groups is 1. The van der Waals surface area contributed by atoms with Gasteiger partial charge in [-0.25, -0.2) is 4.98 Å². The lowest BCUT2D eigenvalue weighted by Crippen LogP contribution is -2.14. The standard InChI is InChI=1S/C11H12N2OS/c14-9-3-1-5-13-7-8(12-11(9)13)10-4-2-6-15-10/h2,4,6-7,9,14H,1,3,5H2/t9-/m1/s1. The molecule has 0 radical (unpaired) electrons. The van der Waals surface area contributed by atoms with Crippen molar-refractivity contribution in [2.24, 2.45) is 0 Å². The average Bonchev–Trinajstić information content (AvgIpc) is 2.86. The lowest BCUT2D eigenvalue weighted by atomic mass is 10.1. The number of hydrogen-bond donors (Lipinski definition) is 1. The van der Waals surface area contributed by atoms with Crippen LogP contribution in [-0.4, -0.2) is 14.7 Å². The number of nitrogens with zero attached hydrogens (tertiary/aromatic N) is 2. The van der Waals surface area contributed by atoms with Crippen LogP contribution in [0.25, 0.3) is 10.6 Å². The molecule has 3 heterocycles. The first-order chi connectivity index (χ1) is 7.34. The molecule has 0 aromatic carbocycles. The van der Waals surface area contributed by atoms with Crippen molar-refractivity contribution in [1.29, 1.82) is 0 Å². The Balaban J connectivity index is 2.06. The molecule has 1 atom stereocenters. The first kappa shape index (κ1) is 9.12. The van der Waals surface area contributed by atoms with E-state index >= 15 is 0 Å². The molecule has 0 saturated carbocycles. The Kier molecular flexibility index (Phi) is 2.11. The Morgan fingerprint density at radius 2 is 2.47 bits per heavy atom. The zero-order chi connectivity index (χ0) is 10.3. The fraction of sp³-hybridized carbons (Fsp3) is 0.364. The number of aromatic nitrogens is 2. The number of rotatable bonds is 1. The summed E-state index contributed by atoms with van der Waals surface area (Å²) in [7, 11) is 0. The zero-order valence-electron chi connectivity index (χ0n) is 8.26. The Bertz CT molecular complexity index is 461. The summed E-state index contributed by atoms with van der Waals surface area (Å²) in [4.78, 5) is 5.67. The molecule has 0 unspecified atom stereocenters. The van der Waals surface area contributed by atoms with E-state index in [2.05, 4.69) is 15.6 Å².